The molecule has 0 saturated carbocycles. The van der Waals surface area contributed by atoms with Gasteiger partial charge >= 0.3 is 0 Å². The minimum atomic E-state index is -0.700. The number of para-hydroxylation sites is 1. The molecular weight excluding hydrogens is 424 g/mol. The summed E-state index contributed by atoms with van der Waals surface area (Å²) in [5.74, 6) is -0.911. The van der Waals surface area contributed by atoms with Crippen molar-refractivity contribution in [3.63, 3.8) is 0 Å². The van der Waals surface area contributed by atoms with Crippen LogP contribution in [0.5, 0.6) is 0 Å². The number of nitrogens with two attached hydrogens (primary N) is 1. The van der Waals surface area contributed by atoms with Gasteiger partial charge in [-0.3, -0.25) is 19.9 Å². The van der Waals surface area contributed by atoms with E-state index in [1.54, 1.807) is 0 Å². The van der Waals surface area contributed by atoms with Crippen LogP contribution in [0.25, 0.3) is 11.3 Å². The second-order valence-corrected chi connectivity index (χ2v) is 8.64. The highest BCUT2D eigenvalue weighted by atomic mass is 32.1. The number of nitrogens with zero attached hydrogens (tertiary/aromatic N) is 4. The third-order valence-corrected chi connectivity index (χ3v) is 6.30. The van der Waals surface area contributed by atoms with Crippen molar-refractivity contribution >= 4 is 39.7 Å². The van der Waals surface area contributed by atoms with Crippen LogP contribution in [-0.4, -0.2) is 33.1 Å². The van der Waals surface area contributed by atoms with Crippen LogP contribution in [0, 0.1) is 13.8 Å². The normalized spacial score (nSPS) is 15.7. The minimum absolute atomic E-state index is 0.145. The molecular formula is C23H26N6O2S. The lowest BCUT2D eigenvalue weighted by molar-refractivity contribution is -0.119. The van der Waals surface area contributed by atoms with E-state index in [0.717, 1.165) is 29.9 Å². The molecule has 1 aromatic carbocycles. The summed E-state index contributed by atoms with van der Waals surface area (Å²) >= 11 is 1.36. The summed E-state index contributed by atoms with van der Waals surface area (Å²) in [6.07, 6.45) is 1.20. The number of aromatic nitrogens is 2. The maximum Gasteiger partial charge on any atom is 0.273 e. The molecule has 4 rings (SSSR count). The summed E-state index contributed by atoms with van der Waals surface area (Å²) in [5, 5.41) is 11.1. The Labute approximate surface area is 190 Å². The van der Waals surface area contributed by atoms with Gasteiger partial charge in [0.2, 0.25) is 5.91 Å². The highest BCUT2D eigenvalue weighted by Crippen LogP contribution is 2.30. The molecule has 1 aliphatic rings. The Morgan fingerprint density at radius 3 is 2.69 bits per heavy atom. The van der Waals surface area contributed by atoms with Gasteiger partial charge in [-0.2, -0.15) is 5.10 Å². The van der Waals surface area contributed by atoms with Gasteiger partial charge in [-0.05, 0) is 38.5 Å². The van der Waals surface area contributed by atoms with Crippen LogP contribution < -0.4 is 16.1 Å². The molecule has 0 aliphatic carbocycles. The monoisotopic (exact) mass is 450 g/mol. The van der Waals surface area contributed by atoms with Crippen molar-refractivity contribution in [2.24, 2.45) is 10.8 Å². The number of aryl methyl sites for hydroxylation is 1. The van der Waals surface area contributed by atoms with Crippen LogP contribution in [0.1, 0.15) is 31.2 Å². The van der Waals surface area contributed by atoms with Gasteiger partial charge in [-0.25, -0.2) is 4.98 Å². The smallest absolute Gasteiger partial charge is 0.273 e. The van der Waals surface area contributed by atoms with E-state index >= 15 is 0 Å². The Balaban J connectivity index is 1.52. The first-order valence-electron chi connectivity index (χ1n) is 10.5. The number of carbonyl (C=O) groups is 2. The third-order valence-electron chi connectivity index (χ3n) is 5.54. The maximum atomic E-state index is 12.9. The van der Waals surface area contributed by atoms with Gasteiger partial charge in [0.25, 0.3) is 5.91 Å². The van der Waals surface area contributed by atoms with Crippen LogP contribution in [0.15, 0.2) is 46.9 Å². The van der Waals surface area contributed by atoms with E-state index in [-0.39, 0.29) is 18.0 Å². The van der Waals surface area contributed by atoms with E-state index in [9.17, 15) is 9.59 Å². The highest BCUT2D eigenvalue weighted by molar-refractivity contribution is 7.14. The Morgan fingerprint density at radius 2 is 2.00 bits per heavy atom. The molecule has 1 atom stereocenters. The number of primary amides is 1. The fourth-order valence-corrected chi connectivity index (χ4v) is 4.65. The molecule has 0 fully saturated rings. The second-order valence-electron chi connectivity index (χ2n) is 7.78. The van der Waals surface area contributed by atoms with Gasteiger partial charge in [0.1, 0.15) is 11.8 Å². The van der Waals surface area contributed by atoms with Crippen molar-refractivity contribution in [3.8, 4) is 11.3 Å². The van der Waals surface area contributed by atoms with Crippen molar-refractivity contribution in [2.75, 3.05) is 10.3 Å². The fourth-order valence-electron chi connectivity index (χ4n) is 3.94. The first-order valence-corrected chi connectivity index (χ1v) is 11.4. The number of hydrazone groups is 1. The van der Waals surface area contributed by atoms with Gasteiger partial charge in [-0.15, -0.1) is 11.3 Å². The van der Waals surface area contributed by atoms with Crippen LogP contribution in [0.4, 0.5) is 10.8 Å². The lowest BCUT2D eigenvalue weighted by Gasteiger charge is -2.20. The third kappa shape index (κ3) is 4.16. The van der Waals surface area contributed by atoms with Crippen LogP contribution in [-0.2, 0) is 16.1 Å². The van der Waals surface area contributed by atoms with E-state index in [1.165, 1.54) is 22.0 Å². The van der Waals surface area contributed by atoms with Crippen LogP contribution >= 0.6 is 11.3 Å². The highest BCUT2D eigenvalue weighted by Gasteiger charge is 2.35. The Bertz CT molecular complexity index is 1180. The average Bonchev–Trinajstić information content (AvgIpc) is 3.49. The van der Waals surface area contributed by atoms with Crippen LogP contribution in [0.2, 0.25) is 0 Å². The summed E-state index contributed by atoms with van der Waals surface area (Å²) in [5.41, 5.74) is 10.8. The number of thiazole rings is 1. The van der Waals surface area contributed by atoms with Gasteiger partial charge in [-0.1, -0.05) is 25.1 Å². The number of hydrogen-bond acceptors (Lipinski definition) is 6. The van der Waals surface area contributed by atoms with Gasteiger partial charge in [0, 0.05) is 35.3 Å². The van der Waals surface area contributed by atoms with Crippen molar-refractivity contribution < 1.29 is 9.59 Å². The lowest BCUT2D eigenvalue weighted by Crippen LogP contribution is -2.39. The Morgan fingerprint density at radius 1 is 1.25 bits per heavy atom. The zero-order valence-corrected chi connectivity index (χ0v) is 19.1. The van der Waals surface area contributed by atoms with Crippen LogP contribution in [0.3, 0.4) is 0 Å². The number of nitrogens with one attached hydrogen (secondary N) is 1. The molecule has 1 unspecified atom stereocenters. The maximum absolute atomic E-state index is 12.9. The molecule has 3 heterocycles. The van der Waals surface area contributed by atoms with E-state index in [1.807, 2.05) is 35.7 Å². The molecule has 2 amide bonds. The molecule has 0 saturated heterocycles. The molecule has 2 aromatic heterocycles. The fraction of sp³-hybridized carbons (Fsp3) is 0.304. The van der Waals surface area contributed by atoms with E-state index in [2.05, 4.69) is 46.8 Å². The second kappa shape index (κ2) is 8.96. The van der Waals surface area contributed by atoms with Gasteiger partial charge in [0.15, 0.2) is 5.13 Å². The molecule has 3 aromatic rings. The zero-order chi connectivity index (χ0) is 22.8. The molecule has 0 radical (unpaired) electrons. The SMILES string of the molecule is CCCn1c(C)cc(-c2csc(NC(=O)C3=NN(c4ccccc4)C(C(N)=O)C3)n2)c1C. The number of carbonyl (C=O) groups excluding carboxylic acids is 2. The first-order chi connectivity index (χ1) is 15.4. The van der Waals surface area contributed by atoms with Crippen molar-refractivity contribution in [1.82, 2.24) is 9.55 Å². The number of benzene rings is 1. The van der Waals surface area contributed by atoms with E-state index in [0.29, 0.717) is 10.8 Å². The summed E-state index contributed by atoms with van der Waals surface area (Å²) in [6, 6.07) is 10.6. The number of anilines is 2. The quantitative estimate of drug-likeness (QED) is 0.572. The lowest BCUT2D eigenvalue weighted by atomic mass is 10.1. The van der Waals surface area contributed by atoms with Gasteiger partial charge < -0.3 is 10.3 Å². The average molecular weight is 451 g/mol. The van der Waals surface area contributed by atoms with Crippen molar-refractivity contribution in [3.05, 3.63) is 53.2 Å². The molecule has 1 aliphatic heterocycles. The van der Waals surface area contributed by atoms with E-state index < -0.39 is 11.9 Å². The number of hydrogen-bond donors (Lipinski definition) is 2. The first kappa shape index (κ1) is 21.8. The molecule has 0 spiro atoms. The van der Waals surface area contributed by atoms with Crippen molar-refractivity contribution in [1.29, 1.82) is 0 Å². The predicted octanol–water partition coefficient (Wildman–Crippen LogP) is 3.70. The summed E-state index contributed by atoms with van der Waals surface area (Å²) in [6.45, 7) is 7.30. The molecule has 32 heavy (non-hydrogen) atoms. The Hall–Kier alpha value is -3.46. The molecule has 166 valence electrons. The summed E-state index contributed by atoms with van der Waals surface area (Å²) in [7, 11) is 0. The summed E-state index contributed by atoms with van der Waals surface area (Å²) in [4.78, 5) is 29.4. The number of rotatable bonds is 7. The largest absolute Gasteiger partial charge is 0.368 e. The Kier molecular flexibility index (Phi) is 6.09. The zero-order valence-electron chi connectivity index (χ0n) is 18.3. The molecule has 3 N–H and O–H groups in total. The number of amides is 2. The predicted molar refractivity (Wildman–Crippen MR) is 128 cm³/mol. The molecule has 9 heteroatoms. The standard InChI is InChI=1S/C23H26N6O2S/c1-4-10-28-14(2)11-17(15(28)3)19-13-32-23(25-19)26-22(31)18-12-20(21(24)30)29(27-18)16-8-6-5-7-9-16/h5-9,11,13,20H,4,10,12H2,1-3H3,(H2,24,30)(H,25,26,31). The topological polar surface area (TPSA) is 106 Å². The van der Waals surface area contributed by atoms with Gasteiger partial charge in [0.05, 0.1) is 11.4 Å². The minimum Gasteiger partial charge on any atom is -0.368 e. The summed E-state index contributed by atoms with van der Waals surface area (Å²) < 4.78 is 2.28. The van der Waals surface area contributed by atoms with Crippen molar-refractivity contribution in [2.45, 2.75) is 46.2 Å². The molecule has 8 nitrogen and oxygen atoms in total. The van der Waals surface area contributed by atoms with E-state index in [4.69, 9.17) is 5.73 Å². The molecule has 0 bridgehead atoms.